The van der Waals surface area contributed by atoms with Gasteiger partial charge in [0.1, 0.15) is 28.8 Å². The third-order valence-electron chi connectivity index (χ3n) is 3.88. The number of aromatic amines is 1. The van der Waals surface area contributed by atoms with Gasteiger partial charge in [-0.15, -0.1) is 0 Å². The molecule has 1 fully saturated rings. The minimum atomic E-state index is -1.76. The van der Waals surface area contributed by atoms with Crippen molar-refractivity contribution in [3.05, 3.63) is 22.2 Å². The summed E-state index contributed by atoms with van der Waals surface area (Å²) in [5.41, 5.74) is -2.63. The maximum atomic E-state index is 12.1. The molecule has 11 nitrogen and oxygen atoms in total. The fraction of sp³-hybridized carbons (Fsp3) is 0.545. The van der Waals surface area contributed by atoms with E-state index in [9.17, 15) is 20.1 Å². The lowest BCUT2D eigenvalue weighted by molar-refractivity contribution is -0.0949. The van der Waals surface area contributed by atoms with E-state index in [-0.39, 0.29) is 16.5 Å². The maximum Gasteiger partial charge on any atom is 0.290 e. The summed E-state index contributed by atoms with van der Waals surface area (Å²) in [6, 6.07) is 0. The Morgan fingerprint density at radius 1 is 1.64 bits per heavy atom. The molecule has 120 valence electrons. The number of nitrogens with one attached hydrogen (secondary N) is 2. The number of aliphatic hydroxyl groups is 3. The number of hydrogen-bond donors (Lipinski definition) is 6. The van der Waals surface area contributed by atoms with Gasteiger partial charge in [0.15, 0.2) is 11.7 Å². The first-order chi connectivity index (χ1) is 10.3. The van der Waals surface area contributed by atoms with Crippen molar-refractivity contribution in [2.75, 3.05) is 12.4 Å². The van der Waals surface area contributed by atoms with Gasteiger partial charge in [-0.05, 0) is 6.92 Å². The van der Waals surface area contributed by atoms with Crippen LogP contribution in [0, 0.1) is 5.41 Å². The van der Waals surface area contributed by atoms with Crippen molar-refractivity contribution in [2.24, 2.45) is 0 Å². The Balaban J connectivity index is 2.22. The van der Waals surface area contributed by atoms with Crippen LogP contribution in [0.1, 0.15) is 13.2 Å². The summed E-state index contributed by atoms with van der Waals surface area (Å²) in [6.45, 7) is 0.828. The van der Waals surface area contributed by atoms with Crippen LogP contribution in [0.2, 0.25) is 0 Å². The van der Waals surface area contributed by atoms with Crippen LogP contribution in [0.3, 0.4) is 0 Å². The zero-order valence-corrected chi connectivity index (χ0v) is 11.6. The lowest BCUT2D eigenvalue weighted by atomic mass is 9.96. The Kier molecular flexibility index (Phi) is 3.11. The molecule has 3 heterocycles. The molecule has 0 spiro atoms. The van der Waals surface area contributed by atoms with Crippen LogP contribution in [0.5, 0.6) is 0 Å². The average molecular weight is 312 g/mol. The molecule has 2 aromatic heterocycles. The molecule has 0 bridgehead atoms. The predicted molar refractivity (Wildman–Crippen MR) is 72.0 cm³/mol. The molecule has 0 amide bonds. The van der Waals surface area contributed by atoms with E-state index in [4.69, 9.17) is 16.0 Å². The van der Waals surface area contributed by atoms with E-state index >= 15 is 0 Å². The number of imidazole rings is 1. The van der Waals surface area contributed by atoms with E-state index in [1.807, 2.05) is 0 Å². The normalized spacial score (nSPS) is 31.9. The molecule has 0 aromatic carbocycles. The second-order valence-corrected chi connectivity index (χ2v) is 5.39. The van der Waals surface area contributed by atoms with Crippen molar-refractivity contribution in [1.82, 2.24) is 19.4 Å². The molecule has 11 heteroatoms. The number of ether oxygens (including phenoxy) is 1. The van der Waals surface area contributed by atoms with Gasteiger partial charge >= 0.3 is 0 Å². The molecule has 2 aromatic rings. The smallest absolute Gasteiger partial charge is 0.290 e. The second-order valence-electron chi connectivity index (χ2n) is 5.39. The summed E-state index contributed by atoms with van der Waals surface area (Å²) in [7, 11) is 0. The number of hydrogen-bond acceptors (Lipinski definition) is 8. The molecule has 7 N–H and O–H groups in total. The number of nitrogens with two attached hydrogens (primary N) is 1. The molecule has 1 aliphatic rings. The SMILES string of the molecule is C[C@@]1(O)[C@H](O)[C@@H](CO)O[C@H]1n1cnc2c(=N)n(N)[nH]c(=O)c21. The molecule has 0 saturated carbocycles. The number of nitrogen functional groups attached to an aromatic ring is 1. The average Bonchev–Trinajstić information content (AvgIpc) is 2.98. The first kappa shape index (κ1) is 14.7. The summed E-state index contributed by atoms with van der Waals surface area (Å²) >= 11 is 0. The highest BCUT2D eigenvalue weighted by Crippen LogP contribution is 2.38. The van der Waals surface area contributed by atoms with Crippen LogP contribution in [-0.4, -0.2) is 59.2 Å². The van der Waals surface area contributed by atoms with Crippen LogP contribution < -0.4 is 16.9 Å². The highest BCUT2D eigenvalue weighted by molar-refractivity contribution is 5.72. The quantitative estimate of drug-likeness (QED) is 0.315. The monoisotopic (exact) mass is 312 g/mol. The number of aromatic nitrogens is 4. The van der Waals surface area contributed by atoms with Gasteiger partial charge in [-0.3, -0.25) is 14.8 Å². The van der Waals surface area contributed by atoms with Crippen LogP contribution >= 0.6 is 0 Å². The Morgan fingerprint density at radius 3 is 2.91 bits per heavy atom. The maximum absolute atomic E-state index is 12.1. The van der Waals surface area contributed by atoms with E-state index in [2.05, 4.69) is 10.1 Å². The zero-order valence-electron chi connectivity index (χ0n) is 11.6. The van der Waals surface area contributed by atoms with E-state index in [0.717, 1.165) is 4.79 Å². The third-order valence-corrected chi connectivity index (χ3v) is 3.88. The fourth-order valence-corrected chi connectivity index (χ4v) is 2.66. The van der Waals surface area contributed by atoms with Gasteiger partial charge in [0.2, 0.25) is 0 Å². The molecule has 4 atom stereocenters. The molecule has 22 heavy (non-hydrogen) atoms. The van der Waals surface area contributed by atoms with Crippen LogP contribution in [-0.2, 0) is 4.74 Å². The van der Waals surface area contributed by atoms with E-state index < -0.39 is 36.2 Å². The van der Waals surface area contributed by atoms with E-state index in [0.29, 0.717) is 0 Å². The van der Waals surface area contributed by atoms with Gasteiger partial charge in [-0.1, -0.05) is 0 Å². The zero-order chi connectivity index (χ0) is 16.2. The summed E-state index contributed by atoms with van der Waals surface area (Å²) in [4.78, 5) is 16.8. The first-order valence-electron chi connectivity index (χ1n) is 6.47. The number of aliphatic hydroxyl groups excluding tert-OH is 2. The minimum Gasteiger partial charge on any atom is -0.394 e. The highest BCUT2D eigenvalue weighted by atomic mass is 16.6. The molecule has 0 aliphatic carbocycles. The lowest BCUT2D eigenvalue weighted by Crippen LogP contribution is -2.44. The summed E-state index contributed by atoms with van der Waals surface area (Å²) in [5, 5.41) is 39.7. The second kappa shape index (κ2) is 4.64. The Hall–Kier alpha value is -2.21. The van der Waals surface area contributed by atoms with Gasteiger partial charge in [0.25, 0.3) is 5.56 Å². The Morgan fingerprint density at radius 2 is 2.32 bits per heavy atom. The van der Waals surface area contributed by atoms with Crippen LogP contribution in [0.15, 0.2) is 11.1 Å². The molecule has 3 rings (SSSR count). The molecule has 1 aliphatic heterocycles. The van der Waals surface area contributed by atoms with Crippen LogP contribution in [0.25, 0.3) is 11.0 Å². The van der Waals surface area contributed by atoms with Gasteiger partial charge in [-0.25, -0.2) is 10.1 Å². The standard InChI is InChI=1S/C11H16N6O5/c1-11(21)7(19)4(2-18)22-10(11)16-3-14-5-6(16)9(20)15-17(13)8(5)12/h3-4,7,10,12,18-19,21H,2,13H2,1H3,(H,15,20)/t4-,7-,10-,11-/m1/s1. The van der Waals surface area contributed by atoms with Gasteiger partial charge in [0.05, 0.1) is 12.9 Å². The van der Waals surface area contributed by atoms with Gasteiger partial charge < -0.3 is 25.9 Å². The summed E-state index contributed by atoms with van der Waals surface area (Å²) < 4.78 is 6.65. The number of rotatable bonds is 2. The number of nitrogens with zero attached hydrogens (tertiary/aromatic N) is 3. The van der Waals surface area contributed by atoms with Crippen molar-refractivity contribution in [3.63, 3.8) is 0 Å². The molecular weight excluding hydrogens is 296 g/mol. The first-order valence-corrected chi connectivity index (χ1v) is 6.47. The van der Waals surface area contributed by atoms with Crippen molar-refractivity contribution in [2.45, 2.75) is 31.0 Å². The number of fused-ring (bicyclic) bond motifs is 1. The minimum absolute atomic E-state index is 0.0209. The Bertz CT molecular complexity index is 836. The summed E-state index contributed by atoms with van der Waals surface area (Å²) in [5.74, 6) is 5.44. The largest absolute Gasteiger partial charge is 0.394 e. The van der Waals surface area contributed by atoms with Crippen molar-refractivity contribution >= 4 is 11.0 Å². The molecule has 0 radical (unpaired) electrons. The van der Waals surface area contributed by atoms with Crippen molar-refractivity contribution < 1.29 is 20.1 Å². The lowest BCUT2D eigenvalue weighted by Gasteiger charge is -2.27. The van der Waals surface area contributed by atoms with Crippen molar-refractivity contribution in [3.8, 4) is 0 Å². The van der Waals surface area contributed by atoms with Gasteiger partial charge in [-0.2, -0.15) is 4.79 Å². The highest BCUT2D eigenvalue weighted by Gasteiger charge is 2.53. The predicted octanol–water partition coefficient (Wildman–Crippen LogP) is -3.28. The van der Waals surface area contributed by atoms with E-state index in [1.165, 1.54) is 17.8 Å². The molecule has 1 saturated heterocycles. The third kappa shape index (κ3) is 1.80. The van der Waals surface area contributed by atoms with Gasteiger partial charge in [0, 0.05) is 0 Å². The number of H-pyrrole nitrogens is 1. The summed E-state index contributed by atoms with van der Waals surface area (Å²) in [6.07, 6.45) is -2.30. The van der Waals surface area contributed by atoms with Crippen LogP contribution in [0.4, 0.5) is 0 Å². The van der Waals surface area contributed by atoms with Crippen molar-refractivity contribution in [1.29, 1.82) is 5.41 Å². The fourth-order valence-electron chi connectivity index (χ4n) is 2.66. The molecular formula is C11H16N6O5. The molecule has 0 unspecified atom stereocenters. The Labute approximate surface area is 122 Å². The van der Waals surface area contributed by atoms with E-state index in [1.54, 1.807) is 0 Å². The topological polar surface area (TPSA) is 175 Å².